The van der Waals surface area contributed by atoms with Crippen LogP contribution in [0.15, 0.2) is 12.2 Å². The summed E-state index contributed by atoms with van der Waals surface area (Å²) in [7, 11) is 0. The van der Waals surface area contributed by atoms with Crippen LogP contribution in [0.4, 0.5) is 0 Å². The molecule has 0 heterocycles. The average molecular weight is 333 g/mol. The fourth-order valence-electron chi connectivity index (χ4n) is 5.30. The quantitative estimate of drug-likeness (QED) is 0.278. The Morgan fingerprint density at radius 1 is 0.708 bits per heavy atom. The summed E-state index contributed by atoms with van der Waals surface area (Å²) < 4.78 is 0. The summed E-state index contributed by atoms with van der Waals surface area (Å²) in [6.07, 6.45) is 28.7. The van der Waals surface area contributed by atoms with Crippen molar-refractivity contribution < 1.29 is 0 Å². The molecule has 2 fully saturated rings. The molecule has 0 heteroatoms. The van der Waals surface area contributed by atoms with E-state index in [0.29, 0.717) is 0 Å². The summed E-state index contributed by atoms with van der Waals surface area (Å²) >= 11 is 0. The SMILES string of the molecule is CCC=CC1CCCCC1CCCC[C@H]1CC[C@H](CCCC)CC1. The van der Waals surface area contributed by atoms with Crippen LogP contribution in [-0.4, -0.2) is 0 Å². The van der Waals surface area contributed by atoms with Gasteiger partial charge in [-0.15, -0.1) is 0 Å². The lowest BCUT2D eigenvalue weighted by atomic mass is 9.75. The van der Waals surface area contributed by atoms with Gasteiger partial charge in [-0.05, 0) is 49.4 Å². The highest BCUT2D eigenvalue weighted by Gasteiger charge is 2.23. The number of hydrogen-bond donors (Lipinski definition) is 0. The molecule has 0 nitrogen and oxygen atoms in total. The molecule has 2 atom stereocenters. The van der Waals surface area contributed by atoms with Gasteiger partial charge in [-0.1, -0.05) is 103 Å². The fraction of sp³-hybridized carbons (Fsp3) is 0.917. The van der Waals surface area contributed by atoms with Crippen LogP contribution in [0.5, 0.6) is 0 Å². The highest BCUT2D eigenvalue weighted by molar-refractivity contribution is 4.93. The van der Waals surface area contributed by atoms with Crippen molar-refractivity contribution in [2.45, 2.75) is 117 Å². The second-order valence-corrected chi connectivity index (χ2v) is 8.86. The standard InChI is InChI=1S/C24H44/c1-3-5-11-21-17-19-22(20-18-21)12-7-8-14-24-16-10-9-15-23(24)13-6-4-2/h6,13,21-24H,3-5,7-12,14-20H2,1-2H3/t21-,22-,23?,24?. The topological polar surface area (TPSA) is 0 Å². The summed E-state index contributed by atoms with van der Waals surface area (Å²) in [5.74, 6) is 4.07. The summed E-state index contributed by atoms with van der Waals surface area (Å²) in [5, 5.41) is 0. The van der Waals surface area contributed by atoms with Crippen molar-refractivity contribution in [1.82, 2.24) is 0 Å². The molecular formula is C24H44. The molecule has 0 radical (unpaired) electrons. The van der Waals surface area contributed by atoms with Gasteiger partial charge in [0.2, 0.25) is 0 Å². The minimum absolute atomic E-state index is 0.910. The van der Waals surface area contributed by atoms with Crippen LogP contribution < -0.4 is 0 Å². The van der Waals surface area contributed by atoms with Crippen LogP contribution in [0.25, 0.3) is 0 Å². The number of unbranched alkanes of at least 4 members (excludes halogenated alkanes) is 2. The van der Waals surface area contributed by atoms with Gasteiger partial charge < -0.3 is 0 Å². The van der Waals surface area contributed by atoms with Gasteiger partial charge in [-0.3, -0.25) is 0 Å². The molecule has 0 bridgehead atoms. The van der Waals surface area contributed by atoms with Gasteiger partial charge in [0.25, 0.3) is 0 Å². The first-order valence-corrected chi connectivity index (χ1v) is 11.5. The van der Waals surface area contributed by atoms with Gasteiger partial charge in [0.1, 0.15) is 0 Å². The Labute approximate surface area is 152 Å². The lowest BCUT2D eigenvalue weighted by Crippen LogP contribution is -2.18. The van der Waals surface area contributed by atoms with E-state index in [-0.39, 0.29) is 0 Å². The van der Waals surface area contributed by atoms with E-state index in [0.717, 1.165) is 23.7 Å². The molecule has 0 aromatic rings. The normalized spacial score (nSPS) is 31.6. The van der Waals surface area contributed by atoms with Gasteiger partial charge in [0.05, 0.1) is 0 Å². The van der Waals surface area contributed by atoms with Crippen molar-refractivity contribution in [1.29, 1.82) is 0 Å². The molecule has 2 saturated carbocycles. The lowest BCUT2D eigenvalue weighted by Gasteiger charge is -2.30. The Morgan fingerprint density at radius 3 is 2.00 bits per heavy atom. The molecule has 0 aromatic heterocycles. The highest BCUT2D eigenvalue weighted by Crippen LogP contribution is 2.37. The van der Waals surface area contributed by atoms with Crippen molar-refractivity contribution in [2.75, 3.05) is 0 Å². The van der Waals surface area contributed by atoms with Crippen molar-refractivity contribution >= 4 is 0 Å². The first-order chi connectivity index (χ1) is 11.8. The molecule has 2 aliphatic rings. The Bertz CT molecular complexity index is 321. The molecule has 0 saturated heterocycles. The van der Waals surface area contributed by atoms with Gasteiger partial charge in [0.15, 0.2) is 0 Å². The zero-order valence-electron chi connectivity index (χ0n) is 16.8. The molecular weight excluding hydrogens is 288 g/mol. The molecule has 0 N–H and O–H groups in total. The lowest BCUT2D eigenvalue weighted by molar-refractivity contribution is 0.234. The van der Waals surface area contributed by atoms with Crippen LogP contribution in [0.3, 0.4) is 0 Å². The molecule has 24 heavy (non-hydrogen) atoms. The average Bonchev–Trinajstić information content (AvgIpc) is 2.63. The number of rotatable bonds is 10. The minimum Gasteiger partial charge on any atom is -0.0885 e. The fourth-order valence-corrected chi connectivity index (χ4v) is 5.30. The van der Waals surface area contributed by atoms with E-state index in [2.05, 4.69) is 26.0 Å². The third-order valence-corrected chi connectivity index (χ3v) is 6.96. The Hall–Kier alpha value is -0.260. The Balaban J connectivity index is 1.56. The van der Waals surface area contributed by atoms with Crippen molar-refractivity contribution in [3.63, 3.8) is 0 Å². The van der Waals surface area contributed by atoms with Crippen molar-refractivity contribution in [3.8, 4) is 0 Å². The first kappa shape index (κ1) is 20.1. The number of allylic oxidation sites excluding steroid dienone is 2. The van der Waals surface area contributed by atoms with Crippen molar-refractivity contribution in [3.05, 3.63) is 12.2 Å². The smallest absolute Gasteiger partial charge is 0.0205 e. The third kappa shape index (κ3) is 7.32. The first-order valence-electron chi connectivity index (χ1n) is 11.5. The van der Waals surface area contributed by atoms with E-state index in [4.69, 9.17) is 0 Å². The van der Waals surface area contributed by atoms with Gasteiger partial charge >= 0.3 is 0 Å². The molecule has 2 rings (SSSR count). The van der Waals surface area contributed by atoms with E-state index in [1.165, 1.54) is 89.9 Å². The summed E-state index contributed by atoms with van der Waals surface area (Å²) in [5.41, 5.74) is 0. The van der Waals surface area contributed by atoms with Crippen LogP contribution in [0.2, 0.25) is 0 Å². The van der Waals surface area contributed by atoms with E-state index in [1.807, 2.05) is 0 Å². The van der Waals surface area contributed by atoms with Gasteiger partial charge in [-0.25, -0.2) is 0 Å². The molecule has 0 spiro atoms. The molecule has 140 valence electrons. The highest BCUT2D eigenvalue weighted by atomic mass is 14.3. The largest absolute Gasteiger partial charge is 0.0885 e. The summed E-state index contributed by atoms with van der Waals surface area (Å²) in [4.78, 5) is 0. The van der Waals surface area contributed by atoms with Crippen molar-refractivity contribution in [2.24, 2.45) is 23.7 Å². The molecule has 0 amide bonds. The van der Waals surface area contributed by atoms with Crippen LogP contribution in [0, 0.1) is 23.7 Å². The van der Waals surface area contributed by atoms with Crippen LogP contribution >= 0.6 is 0 Å². The summed E-state index contributed by atoms with van der Waals surface area (Å²) in [6, 6.07) is 0. The maximum atomic E-state index is 2.56. The Kier molecular flexibility index (Phi) is 10.2. The zero-order valence-corrected chi connectivity index (χ0v) is 16.8. The molecule has 2 unspecified atom stereocenters. The van der Waals surface area contributed by atoms with Gasteiger partial charge in [0, 0.05) is 0 Å². The molecule has 0 aromatic carbocycles. The second kappa shape index (κ2) is 12.2. The Morgan fingerprint density at radius 2 is 1.33 bits per heavy atom. The predicted molar refractivity (Wildman–Crippen MR) is 108 cm³/mol. The predicted octanol–water partition coefficient (Wildman–Crippen LogP) is 8.32. The minimum atomic E-state index is 0.910. The monoisotopic (exact) mass is 332 g/mol. The van der Waals surface area contributed by atoms with E-state index in [9.17, 15) is 0 Å². The third-order valence-electron chi connectivity index (χ3n) is 6.96. The maximum Gasteiger partial charge on any atom is -0.0205 e. The van der Waals surface area contributed by atoms with E-state index >= 15 is 0 Å². The van der Waals surface area contributed by atoms with E-state index in [1.54, 1.807) is 12.8 Å². The summed E-state index contributed by atoms with van der Waals surface area (Å²) in [6.45, 7) is 4.60. The van der Waals surface area contributed by atoms with Gasteiger partial charge in [-0.2, -0.15) is 0 Å². The number of hydrogen-bond acceptors (Lipinski definition) is 0. The zero-order chi connectivity index (χ0) is 17.0. The van der Waals surface area contributed by atoms with Crippen LogP contribution in [-0.2, 0) is 0 Å². The second-order valence-electron chi connectivity index (χ2n) is 8.86. The molecule has 0 aliphatic heterocycles. The van der Waals surface area contributed by atoms with E-state index < -0.39 is 0 Å². The van der Waals surface area contributed by atoms with Crippen LogP contribution in [0.1, 0.15) is 117 Å². The molecule has 2 aliphatic carbocycles. The maximum absolute atomic E-state index is 2.56.